The molecule has 1 aromatic rings. The van der Waals surface area contributed by atoms with Gasteiger partial charge in [-0.25, -0.2) is 0 Å². The summed E-state index contributed by atoms with van der Waals surface area (Å²) in [7, 11) is 0. The molecule has 0 radical (unpaired) electrons. The van der Waals surface area contributed by atoms with Crippen molar-refractivity contribution < 1.29 is 9.47 Å². The zero-order valence-electron chi connectivity index (χ0n) is 14.8. The van der Waals surface area contributed by atoms with Gasteiger partial charge in [0.05, 0.1) is 19.8 Å². The van der Waals surface area contributed by atoms with E-state index in [0.29, 0.717) is 6.04 Å². The first-order chi connectivity index (χ1) is 11.8. The van der Waals surface area contributed by atoms with Crippen LogP contribution in [0.3, 0.4) is 0 Å². The molecule has 1 fully saturated rings. The highest BCUT2D eigenvalue weighted by atomic mass is 16.5. The third kappa shape index (κ3) is 5.07. The van der Waals surface area contributed by atoms with Crippen molar-refractivity contribution in [3.8, 4) is 5.75 Å². The molecule has 4 nitrogen and oxygen atoms in total. The first-order valence-corrected chi connectivity index (χ1v) is 9.27. The van der Waals surface area contributed by atoms with E-state index in [-0.39, 0.29) is 0 Å². The lowest BCUT2D eigenvalue weighted by atomic mass is 10.1. The van der Waals surface area contributed by atoms with Crippen LogP contribution in [0.2, 0.25) is 0 Å². The second-order valence-electron chi connectivity index (χ2n) is 6.63. The Morgan fingerprint density at radius 1 is 1.17 bits per heavy atom. The van der Waals surface area contributed by atoms with E-state index in [1.165, 1.54) is 12.0 Å². The van der Waals surface area contributed by atoms with Gasteiger partial charge in [-0.15, -0.1) is 0 Å². The predicted molar refractivity (Wildman–Crippen MR) is 97.4 cm³/mol. The Morgan fingerprint density at radius 2 is 1.96 bits per heavy atom. The third-order valence-corrected chi connectivity index (χ3v) is 4.89. The summed E-state index contributed by atoms with van der Waals surface area (Å²) in [6.07, 6.45) is 6.85. The number of nitrogens with zero attached hydrogens (tertiary/aromatic N) is 2. The van der Waals surface area contributed by atoms with Crippen LogP contribution in [0.15, 0.2) is 36.4 Å². The summed E-state index contributed by atoms with van der Waals surface area (Å²) in [6.45, 7) is 10.1. The number of hydrogen-bond donors (Lipinski definition) is 0. The molecule has 3 rings (SSSR count). The second kappa shape index (κ2) is 9.21. The molecule has 1 unspecified atom stereocenters. The number of rotatable bonds is 8. The molecule has 0 aliphatic carbocycles. The average Bonchev–Trinajstić information content (AvgIpc) is 3.08. The van der Waals surface area contributed by atoms with Gasteiger partial charge in [-0.2, -0.15) is 0 Å². The van der Waals surface area contributed by atoms with E-state index in [1.807, 2.05) is 0 Å². The maximum absolute atomic E-state index is 5.88. The van der Waals surface area contributed by atoms with Crippen molar-refractivity contribution in [3.05, 3.63) is 42.0 Å². The van der Waals surface area contributed by atoms with Crippen molar-refractivity contribution in [2.45, 2.75) is 32.4 Å². The minimum atomic E-state index is 0.598. The quantitative estimate of drug-likeness (QED) is 0.540. The summed E-state index contributed by atoms with van der Waals surface area (Å²) >= 11 is 0. The molecule has 2 aliphatic rings. The van der Waals surface area contributed by atoms with Crippen LogP contribution in [0.4, 0.5) is 0 Å². The fourth-order valence-corrected chi connectivity index (χ4v) is 3.42. The van der Waals surface area contributed by atoms with E-state index in [0.717, 1.165) is 64.7 Å². The standard InChI is InChI=1S/C20H30N2O2/c1-2-19-5-3-11-22(19)17-18-6-8-20(9-7-18)24-14-4-10-21-12-15-23-16-13-21/h3,5-9,19H,2,4,10-17H2,1H3. The average molecular weight is 330 g/mol. The topological polar surface area (TPSA) is 24.9 Å². The summed E-state index contributed by atoms with van der Waals surface area (Å²) in [6, 6.07) is 9.20. The van der Waals surface area contributed by atoms with Gasteiger partial charge in [0.2, 0.25) is 0 Å². The van der Waals surface area contributed by atoms with Gasteiger partial charge in [0.1, 0.15) is 5.75 Å². The SMILES string of the molecule is CCC1C=CCN1Cc1ccc(OCCCN2CCOCC2)cc1. The minimum absolute atomic E-state index is 0.598. The predicted octanol–water partition coefficient (Wildman–Crippen LogP) is 2.94. The van der Waals surface area contributed by atoms with Crippen LogP contribution in [-0.2, 0) is 11.3 Å². The van der Waals surface area contributed by atoms with Crippen LogP contribution in [-0.4, -0.2) is 61.8 Å². The molecule has 0 saturated carbocycles. The first-order valence-electron chi connectivity index (χ1n) is 9.27. The first kappa shape index (κ1) is 17.5. The molecule has 1 saturated heterocycles. The van der Waals surface area contributed by atoms with Gasteiger partial charge in [-0.1, -0.05) is 31.2 Å². The zero-order chi connectivity index (χ0) is 16.6. The van der Waals surface area contributed by atoms with Gasteiger partial charge in [-0.05, 0) is 30.5 Å². The summed E-state index contributed by atoms with van der Waals surface area (Å²) in [5.74, 6) is 0.979. The molecular weight excluding hydrogens is 300 g/mol. The lowest BCUT2D eigenvalue weighted by molar-refractivity contribution is 0.0358. The van der Waals surface area contributed by atoms with Crippen molar-refractivity contribution >= 4 is 0 Å². The van der Waals surface area contributed by atoms with E-state index < -0.39 is 0 Å². The molecule has 0 aromatic heterocycles. The van der Waals surface area contributed by atoms with Gasteiger partial charge in [-0.3, -0.25) is 9.80 Å². The molecule has 0 amide bonds. The van der Waals surface area contributed by atoms with Gasteiger partial charge >= 0.3 is 0 Å². The van der Waals surface area contributed by atoms with Crippen molar-refractivity contribution in [1.29, 1.82) is 0 Å². The summed E-state index contributed by atoms with van der Waals surface area (Å²) in [5.41, 5.74) is 1.36. The van der Waals surface area contributed by atoms with E-state index in [9.17, 15) is 0 Å². The minimum Gasteiger partial charge on any atom is -0.494 e. The normalized spacial score (nSPS) is 22.1. The molecule has 2 heterocycles. The lowest BCUT2D eigenvalue weighted by Crippen LogP contribution is -2.37. The van der Waals surface area contributed by atoms with Crippen LogP contribution < -0.4 is 4.74 Å². The summed E-state index contributed by atoms with van der Waals surface area (Å²) < 4.78 is 11.2. The van der Waals surface area contributed by atoms with Crippen molar-refractivity contribution in [3.63, 3.8) is 0 Å². The molecule has 0 bridgehead atoms. The molecule has 2 aliphatic heterocycles. The number of benzene rings is 1. The molecule has 132 valence electrons. The Kier molecular flexibility index (Phi) is 6.70. The van der Waals surface area contributed by atoms with Crippen LogP contribution in [0, 0.1) is 0 Å². The van der Waals surface area contributed by atoms with Gasteiger partial charge in [0.15, 0.2) is 0 Å². The Balaban J connectivity index is 1.36. The van der Waals surface area contributed by atoms with Crippen molar-refractivity contribution in [2.75, 3.05) is 46.0 Å². The maximum Gasteiger partial charge on any atom is 0.119 e. The van der Waals surface area contributed by atoms with Crippen molar-refractivity contribution in [1.82, 2.24) is 9.80 Å². The molecule has 1 atom stereocenters. The molecule has 24 heavy (non-hydrogen) atoms. The zero-order valence-corrected chi connectivity index (χ0v) is 14.8. The van der Waals surface area contributed by atoms with Crippen LogP contribution >= 0.6 is 0 Å². The molecule has 0 N–H and O–H groups in total. The van der Waals surface area contributed by atoms with Crippen LogP contribution in [0.1, 0.15) is 25.3 Å². The number of morpholine rings is 1. The summed E-state index contributed by atoms with van der Waals surface area (Å²) in [5, 5.41) is 0. The largest absolute Gasteiger partial charge is 0.494 e. The van der Waals surface area contributed by atoms with E-state index in [2.05, 4.69) is 53.1 Å². The van der Waals surface area contributed by atoms with Crippen LogP contribution in [0.5, 0.6) is 5.75 Å². The number of ether oxygens (including phenoxy) is 2. The highest BCUT2D eigenvalue weighted by Gasteiger charge is 2.17. The van der Waals surface area contributed by atoms with E-state index in [1.54, 1.807) is 0 Å². The smallest absolute Gasteiger partial charge is 0.119 e. The Hall–Kier alpha value is -1.36. The monoisotopic (exact) mass is 330 g/mol. The van der Waals surface area contributed by atoms with Crippen LogP contribution in [0.25, 0.3) is 0 Å². The molecule has 4 heteroatoms. The highest BCUT2D eigenvalue weighted by molar-refractivity contribution is 5.27. The van der Waals surface area contributed by atoms with Gasteiger partial charge in [0.25, 0.3) is 0 Å². The highest BCUT2D eigenvalue weighted by Crippen LogP contribution is 2.19. The molecule has 1 aromatic carbocycles. The Morgan fingerprint density at radius 3 is 2.71 bits per heavy atom. The Bertz CT molecular complexity index is 509. The number of hydrogen-bond acceptors (Lipinski definition) is 4. The Labute approximate surface area is 146 Å². The molecule has 0 spiro atoms. The fraction of sp³-hybridized carbons (Fsp3) is 0.600. The lowest BCUT2D eigenvalue weighted by Gasteiger charge is -2.26. The third-order valence-electron chi connectivity index (χ3n) is 4.89. The van der Waals surface area contributed by atoms with Gasteiger partial charge in [0, 0.05) is 38.8 Å². The maximum atomic E-state index is 5.88. The van der Waals surface area contributed by atoms with Gasteiger partial charge < -0.3 is 9.47 Å². The van der Waals surface area contributed by atoms with E-state index in [4.69, 9.17) is 9.47 Å². The summed E-state index contributed by atoms with van der Waals surface area (Å²) in [4.78, 5) is 4.96. The van der Waals surface area contributed by atoms with Crippen molar-refractivity contribution in [2.24, 2.45) is 0 Å². The van der Waals surface area contributed by atoms with E-state index >= 15 is 0 Å². The molecular formula is C20H30N2O2. The fourth-order valence-electron chi connectivity index (χ4n) is 3.42. The second-order valence-corrected chi connectivity index (χ2v) is 6.63.